The Hall–Kier alpha value is -0.260. The molecule has 18 heavy (non-hydrogen) atoms. The zero-order valence-corrected chi connectivity index (χ0v) is 12.3. The molecule has 3 heterocycles. The van der Waals surface area contributed by atoms with E-state index in [1.807, 2.05) is 18.0 Å². The van der Waals surface area contributed by atoms with Crippen LogP contribution in [0.3, 0.4) is 0 Å². The molecule has 0 radical (unpaired) electrons. The first kappa shape index (κ1) is 12.8. The Balaban J connectivity index is 1.86. The number of rotatable bonds is 2. The second-order valence-corrected chi connectivity index (χ2v) is 7.33. The Morgan fingerprint density at radius 1 is 1.39 bits per heavy atom. The van der Waals surface area contributed by atoms with Crippen LogP contribution in [-0.4, -0.2) is 33.3 Å². The van der Waals surface area contributed by atoms with Crippen LogP contribution in [0.2, 0.25) is 0 Å². The number of aromatic nitrogens is 2. The van der Waals surface area contributed by atoms with Crippen LogP contribution in [0.5, 0.6) is 0 Å². The van der Waals surface area contributed by atoms with Crippen molar-refractivity contribution in [3.05, 3.63) is 23.3 Å². The summed E-state index contributed by atoms with van der Waals surface area (Å²) in [6, 6.07) is 0. The van der Waals surface area contributed by atoms with Gasteiger partial charge in [-0.2, -0.15) is 11.8 Å². The third-order valence-electron chi connectivity index (χ3n) is 3.53. The molecule has 0 aromatic carbocycles. The molecule has 1 fully saturated rings. The minimum absolute atomic E-state index is 0.494. The van der Waals surface area contributed by atoms with E-state index in [1.54, 1.807) is 0 Å². The fraction of sp³-hybridized carbons (Fsp3) is 0.692. The van der Waals surface area contributed by atoms with E-state index in [9.17, 15) is 0 Å². The maximum absolute atomic E-state index is 4.85. The molecule has 0 spiro atoms. The van der Waals surface area contributed by atoms with Crippen LogP contribution >= 0.6 is 23.5 Å². The van der Waals surface area contributed by atoms with Crippen molar-refractivity contribution in [1.29, 1.82) is 0 Å². The highest BCUT2D eigenvalue weighted by molar-refractivity contribution is 8.06. The first-order valence-electron chi connectivity index (χ1n) is 6.67. The summed E-state index contributed by atoms with van der Waals surface area (Å²) in [5.41, 5.74) is 2.55. The number of hydrogen-bond donors (Lipinski definition) is 1. The highest BCUT2D eigenvalue weighted by Gasteiger charge is 2.29. The largest absolute Gasteiger partial charge is 0.312 e. The molecule has 98 valence electrons. The summed E-state index contributed by atoms with van der Waals surface area (Å²) < 4.78 is 0. The summed E-state index contributed by atoms with van der Waals surface area (Å²) >= 11 is 4.13. The second kappa shape index (κ2) is 5.80. The molecule has 2 unspecified atom stereocenters. The molecule has 3 nitrogen and oxygen atoms in total. The van der Waals surface area contributed by atoms with Crippen LogP contribution in [0.4, 0.5) is 0 Å². The fourth-order valence-corrected chi connectivity index (χ4v) is 5.53. The summed E-state index contributed by atoms with van der Waals surface area (Å²) in [5.74, 6) is 3.57. The van der Waals surface area contributed by atoms with Crippen molar-refractivity contribution in [2.45, 2.75) is 36.8 Å². The van der Waals surface area contributed by atoms with Crippen LogP contribution in [0.1, 0.15) is 35.7 Å². The van der Waals surface area contributed by atoms with Gasteiger partial charge in [-0.3, -0.25) is 0 Å². The molecular formula is C13H19N3S2. The lowest BCUT2D eigenvalue weighted by Gasteiger charge is -2.29. The van der Waals surface area contributed by atoms with Gasteiger partial charge in [0, 0.05) is 53.7 Å². The molecule has 2 atom stereocenters. The van der Waals surface area contributed by atoms with Crippen LogP contribution in [0.15, 0.2) is 6.20 Å². The third kappa shape index (κ3) is 2.53. The SMILES string of the molecule is CCC1SCCSC1c1ncc2c(n1)CCNC2. The van der Waals surface area contributed by atoms with E-state index in [0.29, 0.717) is 10.5 Å². The quantitative estimate of drug-likeness (QED) is 0.901. The van der Waals surface area contributed by atoms with Crippen molar-refractivity contribution in [3.63, 3.8) is 0 Å². The van der Waals surface area contributed by atoms with E-state index in [2.05, 4.69) is 29.0 Å². The van der Waals surface area contributed by atoms with Gasteiger partial charge in [-0.25, -0.2) is 9.97 Å². The molecule has 0 aliphatic carbocycles. The van der Waals surface area contributed by atoms with Crippen molar-refractivity contribution >= 4 is 23.5 Å². The minimum atomic E-state index is 0.494. The smallest absolute Gasteiger partial charge is 0.142 e. The van der Waals surface area contributed by atoms with E-state index < -0.39 is 0 Å². The summed E-state index contributed by atoms with van der Waals surface area (Å²) in [7, 11) is 0. The van der Waals surface area contributed by atoms with E-state index in [1.165, 1.54) is 29.2 Å². The van der Waals surface area contributed by atoms with Gasteiger partial charge in [0.05, 0.1) is 5.25 Å². The normalized spacial score (nSPS) is 27.8. The zero-order chi connectivity index (χ0) is 12.4. The lowest BCUT2D eigenvalue weighted by Crippen LogP contribution is -2.27. The van der Waals surface area contributed by atoms with Gasteiger partial charge in [0.1, 0.15) is 5.82 Å². The van der Waals surface area contributed by atoms with Crippen molar-refractivity contribution in [2.24, 2.45) is 0 Å². The molecule has 0 bridgehead atoms. The molecule has 5 heteroatoms. The molecule has 1 aromatic heterocycles. The highest BCUT2D eigenvalue weighted by Crippen LogP contribution is 2.42. The third-order valence-corrected chi connectivity index (χ3v) is 6.78. The van der Waals surface area contributed by atoms with Gasteiger partial charge in [0.15, 0.2) is 0 Å². The Bertz CT molecular complexity index is 425. The van der Waals surface area contributed by atoms with Crippen LogP contribution in [0, 0.1) is 0 Å². The van der Waals surface area contributed by atoms with Crippen molar-refractivity contribution < 1.29 is 0 Å². The van der Waals surface area contributed by atoms with Gasteiger partial charge in [-0.15, -0.1) is 11.8 Å². The Morgan fingerprint density at radius 2 is 2.28 bits per heavy atom. The number of thioether (sulfide) groups is 2. The maximum atomic E-state index is 4.85. The van der Waals surface area contributed by atoms with Gasteiger partial charge >= 0.3 is 0 Å². The second-order valence-electron chi connectivity index (χ2n) is 4.74. The zero-order valence-electron chi connectivity index (χ0n) is 10.7. The van der Waals surface area contributed by atoms with E-state index >= 15 is 0 Å². The van der Waals surface area contributed by atoms with Crippen molar-refractivity contribution in [3.8, 4) is 0 Å². The molecule has 2 aliphatic heterocycles. The van der Waals surface area contributed by atoms with Crippen LogP contribution in [0.25, 0.3) is 0 Å². The molecular weight excluding hydrogens is 262 g/mol. The number of nitrogens with zero attached hydrogens (tertiary/aromatic N) is 2. The standard InChI is InChI=1S/C13H19N3S2/c1-2-11-12(18-6-5-17-11)13-15-8-9-7-14-4-3-10(9)16-13/h8,11-12,14H,2-7H2,1H3. The number of fused-ring (bicyclic) bond motifs is 1. The van der Waals surface area contributed by atoms with Crippen molar-refractivity contribution in [2.75, 3.05) is 18.1 Å². The monoisotopic (exact) mass is 281 g/mol. The molecule has 3 rings (SSSR count). The highest BCUT2D eigenvalue weighted by atomic mass is 32.2. The van der Waals surface area contributed by atoms with E-state index in [-0.39, 0.29) is 0 Å². The van der Waals surface area contributed by atoms with Gasteiger partial charge in [0.2, 0.25) is 0 Å². The molecule has 1 aromatic rings. The minimum Gasteiger partial charge on any atom is -0.312 e. The van der Waals surface area contributed by atoms with Crippen molar-refractivity contribution in [1.82, 2.24) is 15.3 Å². The van der Waals surface area contributed by atoms with Gasteiger partial charge < -0.3 is 5.32 Å². The number of nitrogens with one attached hydrogen (secondary N) is 1. The van der Waals surface area contributed by atoms with Gasteiger partial charge in [0.25, 0.3) is 0 Å². The van der Waals surface area contributed by atoms with E-state index in [4.69, 9.17) is 4.98 Å². The predicted molar refractivity (Wildman–Crippen MR) is 79.2 cm³/mol. The van der Waals surface area contributed by atoms with Crippen LogP contribution in [-0.2, 0) is 13.0 Å². The Labute approximate surface area is 117 Å². The molecule has 1 saturated heterocycles. The van der Waals surface area contributed by atoms with Gasteiger partial charge in [-0.05, 0) is 6.42 Å². The first-order valence-corrected chi connectivity index (χ1v) is 8.77. The summed E-state index contributed by atoms with van der Waals surface area (Å²) in [5, 5.41) is 4.55. The Morgan fingerprint density at radius 3 is 3.17 bits per heavy atom. The molecule has 2 aliphatic rings. The first-order chi connectivity index (χ1) is 8.88. The molecule has 0 amide bonds. The average molecular weight is 281 g/mol. The Kier molecular flexibility index (Phi) is 4.11. The summed E-state index contributed by atoms with van der Waals surface area (Å²) in [6.45, 7) is 4.26. The topological polar surface area (TPSA) is 37.8 Å². The molecule has 0 saturated carbocycles. The summed E-state index contributed by atoms with van der Waals surface area (Å²) in [4.78, 5) is 9.48. The summed E-state index contributed by atoms with van der Waals surface area (Å²) in [6.07, 6.45) is 4.30. The number of hydrogen-bond acceptors (Lipinski definition) is 5. The maximum Gasteiger partial charge on any atom is 0.142 e. The van der Waals surface area contributed by atoms with Gasteiger partial charge in [-0.1, -0.05) is 6.92 Å². The average Bonchev–Trinajstić information content (AvgIpc) is 2.46. The fourth-order valence-electron chi connectivity index (χ4n) is 2.53. The molecule has 1 N–H and O–H groups in total. The van der Waals surface area contributed by atoms with E-state index in [0.717, 1.165) is 25.3 Å². The van der Waals surface area contributed by atoms with Crippen LogP contribution < -0.4 is 5.32 Å². The lowest BCUT2D eigenvalue weighted by molar-refractivity contribution is 0.615. The lowest BCUT2D eigenvalue weighted by atomic mass is 10.1. The predicted octanol–water partition coefficient (Wildman–Crippen LogP) is 2.42.